The van der Waals surface area contributed by atoms with Crippen LogP contribution in [0.2, 0.25) is 30.3 Å². The summed E-state index contributed by atoms with van der Waals surface area (Å²) in [7, 11) is -14.9. The summed E-state index contributed by atoms with van der Waals surface area (Å²) >= 11 is 37.2. The molecule has 1 aromatic heterocycles. The fourth-order valence-corrected chi connectivity index (χ4v) is 19.3. The quantitative estimate of drug-likeness (QED) is 0.0366. The number of hydrogen-bond acceptors (Lipinski definition) is 20. The van der Waals surface area contributed by atoms with Crippen LogP contribution in [0, 0.1) is 23.2 Å². The highest BCUT2D eigenvalue weighted by molar-refractivity contribution is 7.90. The van der Waals surface area contributed by atoms with Crippen LogP contribution in [0.5, 0.6) is 40.4 Å². The molecule has 4 aliphatic heterocycles. The van der Waals surface area contributed by atoms with E-state index in [1.54, 1.807) is 123 Å². The Bertz CT molecular complexity index is 6320. The van der Waals surface area contributed by atoms with E-state index in [0.717, 1.165) is 33.8 Å². The van der Waals surface area contributed by atoms with Crippen molar-refractivity contribution >= 4 is 156 Å². The first kappa shape index (κ1) is 96.4. The molecule has 10 aromatic rings. The van der Waals surface area contributed by atoms with Crippen LogP contribution >= 0.6 is 69.6 Å². The third kappa shape index (κ3) is 25.7. The predicted molar refractivity (Wildman–Crippen MR) is 496 cm³/mol. The fourth-order valence-electron chi connectivity index (χ4n) is 16.3. The Morgan fingerprint density at radius 1 is 0.411 bits per heavy atom. The number of nitrogens with zero attached hydrogens (tertiary/aromatic N) is 7. The summed E-state index contributed by atoms with van der Waals surface area (Å²) in [6.07, 6.45) is 15.5. The van der Waals surface area contributed by atoms with Crippen LogP contribution in [0.4, 0.5) is 22.7 Å². The number of carbonyl (C=O) groups excluding carboxylic acids is 4. The maximum Gasteiger partial charge on any atom is 0.257 e. The molecule has 4 amide bonds. The van der Waals surface area contributed by atoms with Gasteiger partial charge < -0.3 is 43.3 Å². The number of rotatable bonds is 26. The number of aromatic nitrogens is 2. The number of primary sulfonamides is 4. The van der Waals surface area contributed by atoms with E-state index in [1.807, 2.05) is 48.5 Å². The molecule has 4 atom stereocenters. The van der Waals surface area contributed by atoms with Gasteiger partial charge in [0.15, 0.2) is 10.9 Å². The Morgan fingerprint density at radius 2 is 0.829 bits per heavy atom. The molecule has 16 rings (SSSR count). The van der Waals surface area contributed by atoms with Gasteiger partial charge in [-0.05, 0) is 206 Å². The summed E-state index contributed by atoms with van der Waals surface area (Å²) in [6, 6.07) is 53.7. The number of amides is 4. The van der Waals surface area contributed by atoms with Crippen molar-refractivity contribution in [1.82, 2.24) is 9.97 Å². The van der Waals surface area contributed by atoms with Gasteiger partial charge in [-0.2, -0.15) is 5.26 Å². The van der Waals surface area contributed by atoms with Crippen LogP contribution in [-0.2, 0) is 59.3 Å². The molecule has 38 heteroatoms. The fraction of sp³-hybridized carbons (Fsp3) is 0.308. The highest BCUT2D eigenvalue weighted by Crippen LogP contribution is 2.46. The topological polar surface area (TPSA) is 418 Å². The van der Waals surface area contributed by atoms with Crippen LogP contribution < -0.4 is 63.8 Å². The largest absolute Gasteiger partial charge is 0.493 e. The molecule has 4 saturated heterocycles. The number of anilines is 4. The van der Waals surface area contributed by atoms with Gasteiger partial charge >= 0.3 is 0 Å². The summed E-state index contributed by atoms with van der Waals surface area (Å²) < 4.78 is 121. The van der Waals surface area contributed by atoms with E-state index in [-0.39, 0.29) is 121 Å². The maximum atomic E-state index is 12.9. The molecule has 3 unspecified atom stereocenters. The number of carbonyl (C=O) groups is 4. The zero-order chi connectivity index (χ0) is 92.1. The second kappa shape index (κ2) is 42.8. The SMILES string of the molecule is N#Cc1cccc(Cl)c1Oc1cc([C@H]2CC(=O)N(c3cccc(OCCCS(N)(=O)=O)c3)C2)ccc1Cl.NS(=O)(=O)c1ccc(N2CC(c3ccc(Cl)cc3OCC3CCCC3)CC2=O)cc1.NS(=O)(=O)c1ccc(N2CC(c3ccc(Cl)cc3OCC3CCCCC3)CC2=O)cc1.NS(=O)(=O)c1ccc(N2CC(c3ccc(Cl)cc3Oc3nccnc3Cl)CC2=O)cc1. The van der Waals surface area contributed by atoms with Crippen LogP contribution in [0.25, 0.3) is 0 Å². The molecule has 0 spiro atoms. The Morgan fingerprint density at radius 3 is 1.28 bits per heavy atom. The van der Waals surface area contributed by atoms with Crippen LogP contribution in [0.1, 0.15) is 141 Å². The summed E-state index contributed by atoms with van der Waals surface area (Å²) in [4.78, 5) is 65.7. The Kier molecular flexibility index (Phi) is 32.0. The molecule has 9 aromatic carbocycles. The van der Waals surface area contributed by atoms with E-state index < -0.39 is 40.1 Å². The minimum Gasteiger partial charge on any atom is -0.493 e. The lowest BCUT2D eigenvalue weighted by Crippen LogP contribution is -2.24. The molecule has 6 aliphatic rings. The molecule has 8 N–H and O–H groups in total. The number of benzene rings is 9. The predicted octanol–water partition coefficient (Wildman–Crippen LogP) is 17.5. The van der Waals surface area contributed by atoms with Crippen molar-refractivity contribution in [2.45, 2.75) is 128 Å². The highest BCUT2D eigenvalue weighted by Gasteiger charge is 2.39. The third-order valence-electron chi connectivity index (χ3n) is 22.9. The van der Waals surface area contributed by atoms with Gasteiger partial charge in [0.2, 0.25) is 63.7 Å². The molecule has 5 heterocycles. The van der Waals surface area contributed by atoms with Crippen molar-refractivity contribution in [3.63, 3.8) is 0 Å². The second-order valence-corrected chi connectivity index (χ2v) is 40.8. The smallest absolute Gasteiger partial charge is 0.257 e. The minimum atomic E-state index is -3.81. The number of para-hydroxylation sites is 1. The summed E-state index contributed by atoms with van der Waals surface area (Å²) in [5, 5.41) is 32.3. The summed E-state index contributed by atoms with van der Waals surface area (Å²) in [6.45, 7) is 3.33. The normalized spacial score (nSPS) is 18.0. The number of nitriles is 1. The molecule has 678 valence electrons. The molecule has 0 radical (unpaired) electrons. The van der Waals surface area contributed by atoms with Crippen molar-refractivity contribution in [1.29, 1.82) is 5.26 Å². The summed E-state index contributed by atoms with van der Waals surface area (Å²) in [5.41, 5.74) is 6.43. The average molecular weight is 1950 g/mol. The van der Waals surface area contributed by atoms with Crippen molar-refractivity contribution in [3.8, 4) is 46.4 Å². The van der Waals surface area contributed by atoms with Gasteiger partial charge in [0.25, 0.3) is 5.88 Å². The van der Waals surface area contributed by atoms with Crippen LogP contribution in [0.15, 0.2) is 215 Å². The number of nitrogens with two attached hydrogens (primary N) is 4. The Balaban J connectivity index is 0.000000147. The standard InChI is InChI=1S/C26H23Cl2N3O5S.C23H27ClN2O4S.C22H25ClN2O4S.C20H16Cl2N4O4S/c27-22-9-8-17(12-24(22)36-26-18(15-29)4-1-7-23(26)28)19-13-25(32)31(16-19)20-5-2-6-21(14-20)35-10-3-11-37(30,33)34;24-18-6-11-21(22(13-18)30-15-16-4-2-1-3-5-16)17-12-23(27)26(14-17)19-7-9-20(10-8-19)31(25,28)29;23-17-5-10-20(21(12-17)29-14-15-3-1-2-4-15)16-11-22(26)25(13-16)18-6-8-19(9-7-18)30(24,27)28;21-13-1-6-16(17(10-13)30-20-19(22)24-7-8-25-20)12-9-18(27)26(11-12)14-2-4-15(5-3-14)31(23,28)29/h1-2,4-9,12,14,19H,3,10-11,13,16H2,(H2,30,33,34);6-11,13,16-17H,1-5,12,14-15H2,(H2,25,28,29);5-10,12,15-16H,1-4,11,13-14H2,(H2,24,27,28);1-8,10,12H,9,11H2,(H2,23,28,29)/t19-;;;/m0.../s1. The first-order valence-electron chi connectivity index (χ1n) is 41.3. The molecule has 2 saturated carbocycles. The van der Waals surface area contributed by atoms with Crippen molar-refractivity contribution in [2.75, 3.05) is 71.4 Å². The lowest BCUT2D eigenvalue weighted by molar-refractivity contribution is -0.118. The van der Waals surface area contributed by atoms with Gasteiger partial charge in [-0.15, -0.1) is 0 Å². The van der Waals surface area contributed by atoms with E-state index in [4.69, 9.17) is 114 Å². The van der Waals surface area contributed by atoms with Crippen LogP contribution in [0.3, 0.4) is 0 Å². The molecular formula is C91H91Cl6N11O17S4. The summed E-state index contributed by atoms with van der Waals surface area (Å²) in [5.74, 6) is 3.60. The maximum absolute atomic E-state index is 12.9. The molecule has 129 heavy (non-hydrogen) atoms. The second-order valence-electron chi connectivity index (χ2n) is 31.9. The number of hydrogen-bond donors (Lipinski definition) is 4. The highest BCUT2D eigenvalue weighted by atomic mass is 35.5. The van der Waals surface area contributed by atoms with E-state index in [9.17, 15) is 58.1 Å². The Hall–Kier alpha value is -10.2. The van der Waals surface area contributed by atoms with Crippen molar-refractivity contribution < 1.29 is 76.5 Å². The number of sulfonamides is 4. The van der Waals surface area contributed by atoms with Gasteiger partial charge in [0.05, 0.1) is 55.9 Å². The Labute approximate surface area is 778 Å². The lowest BCUT2D eigenvalue weighted by Gasteiger charge is -2.23. The average Bonchev–Trinajstić information content (AvgIpc) is 1.69. The van der Waals surface area contributed by atoms with Gasteiger partial charge in [-0.1, -0.05) is 138 Å². The molecular weight excluding hydrogens is 1860 g/mol. The third-order valence-corrected chi connectivity index (χ3v) is 28.1. The van der Waals surface area contributed by atoms with Gasteiger partial charge in [0, 0.05) is 137 Å². The van der Waals surface area contributed by atoms with Crippen molar-refractivity contribution in [3.05, 3.63) is 259 Å². The van der Waals surface area contributed by atoms with E-state index in [2.05, 4.69) is 16.0 Å². The van der Waals surface area contributed by atoms with E-state index in [1.165, 1.54) is 107 Å². The van der Waals surface area contributed by atoms with Crippen molar-refractivity contribution in [2.24, 2.45) is 32.4 Å². The van der Waals surface area contributed by atoms with E-state index >= 15 is 0 Å². The first-order chi connectivity index (χ1) is 61.5. The molecule has 0 bridgehead atoms. The zero-order valence-electron chi connectivity index (χ0n) is 69.4. The molecule has 6 fully saturated rings. The van der Waals surface area contributed by atoms with Gasteiger partial charge in [-0.25, -0.2) is 64.2 Å². The van der Waals surface area contributed by atoms with Crippen LogP contribution in [-0.4, -0.2) is 119 Å². The molecule has 28 nitrogen and oxygen atoms in total. The number of ether oxygens (including phenoxy) is 5. The first-order valence-corrected chi connectivity index (χ1v) is 49.9. The zero-order valence-corrected chi connectivity index (χ0v) is 77.2. The monoisotopic (exact) mass is 1950 g/mol. The minimum absolute atomic E-state index is 0.0125. The van der Waals surface area contributed by atoms with Gasteiger partial charge in [0.1, 0.15) is 34.8 Å². The molecule has 2 aliphatic carbocycles. The van der Waals surface area contributed by atoms with E-state index in [0.29, 0.717) is 124 Å². The number of halogens is 6. The van der Waals surface area contributed by atoms with Gasteiger partial charge in [-0.3, -0.25) is 19.2 Å². The lowest BCUT2D eigenvalue weighted by atomic mass is 9.90.